The number of halogens is 1. The quantitative estimate of drug-likeness (QED) is 0.151. The first kappa shape index (κ1) is 23.9. The van der Waals surface area contributed by atoms with Crippen LogP contribution in [0.2, 0.25) is 0 Å². The highest BCUT2D eigenvalue weighted by Crippen LogP contribution is 2.35. The highest BCUT2D eigenvalue weighted by Gasteiger charge is 2.23. The third-order valence-corrected chi connectivity index (χ3v) is 8.47. The molecule has 0 atom stereocenters. The molecule has 178 valence electrons. The number of hydrazone groups is 1. The highest BCUT2D eigenvalue weighted by molar-refractivity contribution is 9.10. The zero-order chi connectivity index (χ0) is 24.4. The summed E-state index contributed by atoms with van der Waals surface area (Å²) in [6.07, 6.45) is 7.49. The van der Waals surface area contributed by atoms with E-state index in [1.54, 1.807) is 28.3 Å². The van der Waals surface area contributed by atoms with Crippen molar-refractivity contribution in [3.8, 4) is 5.69 Å². The van der Waals surface area contributed by atoms with Crippen LogP contribution >= 0.6 is 39.0 Å². The molecular weight excluding hydrogens is 546 g/mol. The Labute approximate surface area is 218 Å². The lowest BCUT2D eigenvalue weighted by Gasteiger charge is -2.13. The number of aryl methyl sites for hydroxylation is 2. The van der Waals surface area contributed by atoms with Crippen molar-refractivity contribution in [2.45, 2.75) is 37.8 Å². The maximum atomic E-state index is 13.8. The van der Waals surface area contributed by atoms with Crippen molar-refractivity contribution in [1.29, 1.82) is 0 Å². The van der Waals surface area contributed by atoms with E-state index < -0.39 is 0 Å². The van der Waals surface area contributed by atoms with Crippen molar-refractivity contribution in [3.05, 3.63) is 79.6 Å². The van der Waals surface area contributed by atoms with Gasteiger partial charge >= 0.3 is 0 Å². The molecule has 10 heteroatoms. The molecule has 3 aromatic heterocycles. The number of aromatic nitrogens is 3. The second-order valence-corrected chi connectivity index (χ2v) is 11.1. The first-order valence-electron chi connectivity index (χ1n) is 11.2. The van der Waals surface area contributed by atoms with Crippen LogP contribution in [0.1, 0.15) is 35.8 Å². The van der Waals surface area contributed by atoms with Gasteiger partial charge in [0.2, 0.25) is 0 Å². The Kier molecular flexibility index (Phi) is 7.12. The minimum absolute atomic E-state index is 0.0761. The summed E-state index contributed by atoms with van der Waals surface area (Å²) in [6.45, 7) is 1.82. The third kappa shape index (κ3) is 5.10. The average molecular weight is 569 g/mol. The molecule has 5 rings (SSSR count). The molecule has 1 aromatic carbocycles. The largest absolute Gasteiger partial charge is 0.272 e. The van der Waals surface area contributed by atoms with Gasteiger partial charge in [-0.05, 0) is 74.6 Å². The van der Waals surface area contributed by atoms with Crippen LogP contribution in [-0.4, -0.2) is 31.9 Å². The Morgan fingerprint density at radius 2 is 1.91 bits per heavy atom. The van der Waals surface area contributed by atoms with E-state index in [-0.39, 0.29) is 17.2 Å². The number of hydrogen-bond acceptors (Lipinski definition) is 7. The Bertz CT molecular complexity index is 1480. The van der Waals surface area contributed by atoms with E-state index >= 15 is 0 Å². The number of rotatable bonds is 6. The van der Waals surface area contributed by atoms with Crippen molar-refractivity contribution >= 4 is 60.9 Å². The van der Waals surface area contributed by atoms with E-state index in [1.807, 2.05) is 43.3 Å². The lowest BCUT2D eigenvalue weighted by atomic mass is 9.97. The predicted molar refractivity (Wildman–Crippen MR) is 145 cm³/mol. The van der Waals surface area contributed by atoms with Crippen molar-refractivity contribution in [2.24, 2.45) is 5.10 Å². The summed E-state index contributed by atoms with van der Waals surface area (Å²) in [6, 6.07) is 11.2. The fourth-order valence-corrected chi connectivity index (χ4v) is 6.44. The summed E-state index contributed by atoms with van der Waals surface area (Å²) in [5, 5.41) is 5.41. The SMILES string of the molecule is CC(=NNC(=O)CSc1nc2sc3c(c2c(=O)n1-c1ccc(Br)cc1)CCCC3)c1ccncc1. The molecule has 1 amide bonds. The molecule has 0 unspecified atom stereocenters. The summed E-state index contributed by atoms with van der Waals surface area (Å²) in [5.74, 6) is -0.197. The van der Waals surface area contributed by atoms with Gasteiger partial charge in [0.1, 0.15) is 4.83 Å². The summed E-state index contributed by atoms with van der Waals surface area (Å²) < 4.78 is 2.55. The highest BCUT2D eigenvalue weighted by atomic mass is 79.9. The zero-order valence-electron chi connectivity index (χ0n) is 19.0. The van der Waals surface area contributed by atoms with E-state index in [0.29, 0.717) is 10.9 Å². The maximum Gasteiger partial charge on any atom is 0.267 e. The molecule has 35 heavy (non-hydrogen) atoms. The molecule has 0 fully saturated rings. The monoisotopic (exact) mass is 567 g/mol. The number of thiophene rings is 1. The van der Waals surface area contributed by atoms with Crippen LogP contribution in [0.25, 0.3) is 15.9 Å². The first-order chi connectivity index (χ1) is 17.0. The molecular formula is C25H22BrN5O2S2. The van der Waals surface area contributed by atoms with E-state index in [4.69, 9.17) is 4.98 Å². The van der Waals surface area contributed by atoms with Crippen LogP contribution in [0.4, 0.5) is 0 Å². The number of carbonyl (C=O) groups is 1. The van der Waals surface area contributed by atoms with Gasteiger partial charge < -0.3 is 0 Å². The van der Waals surface area contributed by atoms with Crippen LogP contribution in [0.3, 0.4) is 0 Å². The van der Waals surface area contributed by atoms with Gasteiger partial charge in [0.15, 0.2) is 5.16 Å². The van der Waals surface area contributed by atoms with Gasteiger partial charge in [-0.3, -0.25) is 19.1 Å². The standard InChI is InChI=1S/C25H22BrN5O2S2/c1-15(16-10-12-27-13-11-16)29-30-21(32)14-34-25-28-23-22(19-4-2-3-5-20(19)35-23)24(33)31(25)18-8-6-17(26)7-9-18/h6-13H,2-5,14H2,1H3,(H,30,32). The number of nitrogens with one attached hydrogen (secondary N) is 1. The minimum Gasteiger partial charge on any atom is -0.272 e. The smallest absolute Gasteiger partial charge is 0.267 e. The van der Waals surface area contributed by atoms with Crippen molar-refractivity contribution < 1.29 is 4.79 Å². The number of thioether (sulfide) groups is 1. The molecule has 1 N–H and O–H groups in total. The Morgan fingerprint density at radius 3 is 2.69 bits per heavy atom. The number of amides is 1. The molecule has 1 aliphatic carbocycles. The number of nitrogens with zero attached hydrogens (tertiary/aromatic N) is 4. The fourth-order valence-electron chi connectivity index (χ4n) is 4.07. The van der Waals surface area contributed by atoms with Crippen LogP contribution in [-0.2, 0) is 17.6 Å². The Morgan fingerprint density at radius 1 is 1.17 bits per heavy atom. The van der Waals surface area contributed by atoms with Crippen molar-refractivity contribution in [2.75, 3.05) is 5.75 Å². The van der Waals surface area contributed by atoms with E-state index in [0.717, 1.165) is 57.2 Å². The first-order valence-corrected chi connectivity index (χ1v) is 13.8. The number of pyridine rings is 1. The lowest BCUT2D eigenvalue weighted by molar-refractivity contribution is -0.118. The second-order valence-electron chi connectivity index (χ2n) is 8.16. The van der Waals surface area contributed by atoms with Gasteiger partial charge in [-0.1, -0.05) is 27.7 Å². The molecule has 0 saturated carbocycles. The molecule has 4 aromatic rings. The molecule has 7 nitrogen and oxygen atoms in total. The summed E-state index contributed by atoms with van der Waals surface area (Å²) in [7, 11) is 0. The summed E-state index contributed by atoms with van der Waals surface area (Å²) in [4.78, 5) is 37.2. The van der Waals surface area contributed by atoms with Gasteiger partial charge in [0, 0.05) is 27.3 Å². The number of benzene rings is 1. The number of carbonyl (C=O) groups excluding carboxylic acids is 1. The summed E-state index contributed by atoms with van der Waals surface area (Å²) in [5.41, 5.74) is 5.95. The lowest BCUT2D eigenvalue weighted by Crippen LogP contribution is -2.24. The maximum absolute atomic E-state index is 13.8. The molecule has 0 spiro atoms. The second kappa shape index (κ2) is 10.4. The Balaban J connectivity index is 1.45. The van der Waals surface area contributed by atoms with Gasteiger partial charge in [0.05, 0.1) is 22.5 Å². The van der Waals surface area contributed by atoms with E-state index in [1.165, 1.54) is 16.6 Å². The van der Waals surface area contributed by atoms with Gasteiger partial charge in [-0.15, -0.1) is 11.3 Å². The van der Waals surface area contributed by atoms with E-state index in [2.05, 4.69) is 31.4 Å². The third-order valence-electron chi connectivity index (χ3n) is 5.82. The van der Waals surface area contributed by atoms with Crippen LogP contribution in [0.15, 0.2) is 68.3 Å². The molecule has 1 aliphatic rings. The predicted octanol–water partition coefficient (Wildman–Crippen LogP) is 5.12. The minimum atomic E-state index is -0.273. The van der Waals surface area contributed by atoms with Gasteiger partial charge in [-0.2, -0.15) is 5.10 Å². The van der Waals surface area contributed by atoms with Crippen LogP contribution in [0.5, 0.6) is 0 Å². The normalized spacial score (nSPS) is 13.6. The van der Waals surface area contributed by atoms with Crippen LogP contribution in [0, 0.1) is 0 Å². The Hall–Kier alpha value is -2.82. The average Bonchev–Trinajstić information content (AvgIpc) is 3.26. The molecule has 0 saturated heterocycles. The van der Waals surface area contributed by atoms with Gasteiger partial charge in [0.25, 0.3) is 11.5 Å². The fraction of sp³-hybridized carbons (Fsp3) is 0.240. The van der Waals surface area contributed by atoms with Crippen molar-refractivity contribution in [3.63, 3.8) is 0 Å². The molecule has 0 bridgehead atoms. The zero-order valence-corrected chi connectivity index (χ0v) is 22.2. The summed E-state index contributed by atoms with van der Waals surface area (Å²) >= 11 is 6.30. The van der Waals surface area contributed by atoms with Crippen molar-refractivity contribution in [1.82, 2.24) is 20.0 Å². The number of hydrogen-bond donors (Lipinski definition) is 1. The van der Waals surface area contributed by atoms with E-state index in [9.17, 15) is 9.59 Å². The number of fused-ring (bicyclic) bond motifs is 3. The molecule has 0 radical (unpaired) electrons. The molecule has 0 aliphatic heterocycles. The molecule has 3 heterocycles. The van der Waals surface area contributed by atoms with Crippen LogP contribution < -0.4 is 11.0 Å². The topological polar surface area (TPSA) is 89.2 Å². The van der Waals surface area contributed by atoms with Gasteiger partial charge in [-0.25, -0.2) is 10.4 Å².